The Hall–Kier alpha value is -3.35. The Morgan fingerprint density at radius 2 is 1.83 bits per heavy atom. The summed E-state index contributed by atoms with van der Waals surface area (Å²) in [5.74, 6) is 0.203. The number of nitrogens with zero attached hydrogens (tertiary/aromatic N) is 2. The van der Waals surface area contributed by atoms with E-state index in [2.05, 4.69) is 5.16 Å². The van der Waals surface area contributed by atoms with Crippen molar-refractivity contribution in [3.63, 3.8) is 0 Å². The highest BCUT2D eigenvalue weighted by Crippen LogP contribution is 2.23. The van der Waals surface area contributed by atoms with E-state index < -0.39 is 5.97 Å². The number of esters is 1. The Bertz CT molecular complexity index is 1060. The summed E-state index contributed by atoms with van der Waals surface area (Å²) in [6.45, 7) is 10.2. The van der Waals surface area contributed by atoms with E-state index >= 15 is 0 Å². The van der Waals surface area contributed by atoms with E-state index in [4.69, 9.17) is 14.0 Å². The second-order valence-electron chi connectivity index (χ2n) is 7.12. The average molecular weight is 410 g/mol. The van der Waals surface area contributed by atoms with E-state index in [0.29, 0.717) is 17.1 Å². The molecule has 2 heterocycles. The lowest BCUT2D eigenvalue weighted by molar-refractivity contribution is 0.0470. The minimum Gasteiger partial charge on any atom is -0.488 e. The van der Waals surface area contributed by atoms with Gasteiger partial charge >= 0.3 is 5.97 Å². The van der Waals surface area contributed by atoms with E-state index in [1.54, 1.807) is 31.2 Å². The third kappa shape index (κ3) is 4.30. The van der Waals surface area contributed by atoms with Crippen molar-refractivity contribution < 1.29 is 23.6 Å². The van der Waals surface area contributed by atoms with Crippen LogP contribution in [0.1, 0.15) is 56.0 Å². The molecule has 1 aromatic carbocycles. The van der Waals surface area contributed by atoms with Gasteiger partial charge in [-0.2, -0.15) is 0 Å². The third-order valence-corrected chi connectivity index (χ3v) is 5.18. The molecule has 0 N–H and O–H groups in total. The zero-order chi connectivity index (χ0) is 21.8. The molecule has 0 saturated carbocycles. The van der Waals surface area contributed by atoms with Gasteiger partial charge in [0.25, 0.3) is 0 Å². The van der Waals surface area contributed by atoms with Gasteiger partial charge in [-0.1, -0.05) is 17.3 Å². The Balaban J connectivity index is 1.68. The summed E-state index contributed by atoms with van der Waals surface area (Å²) in [4.78, 5) is 25.2. The highest BCUT2D eigenvalue weighted by molar-refractivity contribution is 6.01. The molecule has 2 aromatic heterocycles. The predicted octanol–water partition coefficient (Wildman–Crippen LogP) is 4.35. The molecule has 0 saturated heterocycles. The summed E-state index contributed by atoms with van der Waals surface area (Å²) in [5.41, 5.74) is 4.28. The predicted molar refractivity (Wildman–Crippen MR) is 111 cm³/mol. The maximum Gasteiger partial charge on any atom is 0.342 e. The number of aromatic nitrogens is 2. The number of rotatable bonds is 8. The van der Waals surface area contributed by atoms with Crippen LogP contribution in [-0.4, -0.2) is 28.1 Å². The minimum atomic E-state index is -0.609. The van der Waals surface area contributed by atoms with E-state index in [1.807, 2.05) is 38.3 Å². The molecule has 7 nitrogen and oxygen atoms in total. The van der Waals surface area contributed by atoms with Crippen molar-refractivity contribution in [3.8, 4) is 5.75 Å². The summed E-state index contributed by atoms with van der Waals surface area (Å²) >= 11 is 0. The molecule has 0 spiro atoms. The fourth-order valence-electron chi connectivity index (χ4n) is 3.48. The van der Waals surface area contributed by atoms with Gasteiger partial charge in [-0.25, -0.2) is 4.79 Å². The molecule has 0 radical (unpaired) electrons. The van der Waals surface area contributed by atoms with Crippen molar-refractivity contribution in [3.05, 3.63) is 69.9 Å². The molecule has 0 aliphatic rings. The van der Waals surface area contributed by atoms with Crippen molar-refractivity contribution in [1.82, 2.24) is 9.72 Å². The maximum absolute atomic E-state index is 12.6. The van der Waals surface area contributed by atoms with Gasteiger partial charge in [-0.3, -0.25) is 4.79 Å². The van der Waals surface area contributed by atoms with Gasteiger partial charge in [0.05, 0.1) is 11.3 Å². The number of Topliss-reactive ketones (excluding diaryl/α,β-unsaturated/α-hetero) is 1. The van der Waals surface area contributed by atoms with E-state index in [-0.39, 0.29) is 24.6 Å². The van der Waals surface area contributed by atoms with Gasteiger partial charge < -0.3 is 18.6 Å². The van der Waals surface area contributed by atoms with Crippen LogP contribution in [0.15, 0.2) is 34.9 Å². The van der Waals surface area contributed by atoms with Gasteiger partial charge in [0, 0.05) is 23.5 Å². The number of para-hydroxylation sites is 1. The van der Waals surface area contributed by atoms with Crippen LogP contribution < -0.4 is 4.74 Å². The number of benzene rings is 1. The molecular formula is C23H26N2O5. The molecule has 0 aliphatic heterocycles. The first-order valence-electron chi connectivity index (χ1n) is 9.84. The lowest BCUT2D eigenvalue weighted by Crippen LogP contribution is -2.16. The molecular weight excluding hydrogens is 384 g/mol. The first-order valence-corrected chi connectivity index (χ1v) is 9.84. The number of hydrogen-bond donors (Lipinski definition) is 0. The monoisotopic (exact) mass is 410 g/mol. The van der Waals surface area contributed by atoms with Gasteiger partial charge in [-0.05, 0) is 52.8 Å². The molecule has 3 aromatic rings. The molecule has 0 unspecified atom stereocenters. The average Bonchev–Trinajstić information content (AvgIpc) is 3.21. The highest BCUT2D eigenvalue weighted by atomic mass is 16.5. The van der Waals surface area contributed by atoms with Crippen LogP contribution in [0, 0.1) is 27.7 Å². The van der Waals surface area contributed by atoms with Crippen LogP contribution in [0.25, 0.3) is 0 Å². The lowest BCUT2D eigenvalue weighted by Gasteiger charge is -2.11. The van der Waals surface area contributed by atoms with Crippen LogP contribution in [0.4, 0.5) is 0 Å². The number of aryl methyl sites for hydroxylation is 3. The summed E-state index contributed by atoms with van der Waals surface area (Å²) in [6, 6.07) is 8.61. The zero-order valence-electron chi connectivity index (χ0n) is 17.9. The van der Waals surface area contributed by atoms with Gasteiger partial charge in [0.15, 0.2) is 6.61 Å². The number of ether oxygens (including phenoxy) is 2. The van der Waals surface area contributed by atoms with Crippen molar-refractivity contribution in [2.24, 2.45) is 0 Å². The van der Waals surface area contributed by atoms with Crippen molar-refractivity contribution in [2.75, 3.05) is 6.61 Å². The van der Waals surface area contributed by atoms with E-state index in [1.165, 1.54) is 0 Å². The molecule has 7 heteroatoms. The highest BCUT2D eigenvalue weighted by Gasteiger charge is 2.20. The summed E-state index contributed by atoms with van der Waals surface area (Å²) in [6.07, 6.45) is 0. The van der Waals surface area contributed by atoms with Gasteiger partial charge in [0.1, 0.15) is 23.7 Å². The van der Waals surface area contributed by atoms with Crippen LogP contribution >= 0.6 is 0 Å². The molecule has 158 valence electrons. The van der Waals surface area contributed by atoms with Crippen molar-refractivity contribution in [2.45, 2.75) is 47.8 Å². The Morgan fingerprint density at radius 3 is 2.47 bits per heavy atom. The number of carbonyl (C=O) groups excluding carboxylic acids is 2. The second kappa shape index (κ2) is 8.98. The van der Waals surface area contributed by atoms with Gasteiger partial charge in [-0.15, -0.1) is 0 Å². The van der Waals surface area contributed by atoms with E-state index in [9.17, 15) is 9.59 Å². The largest absolute Gasteiger partial charge is 0.488 e. The number of ketones is 1. The van der Waals surface area contributed by atoms with Crippen LogP contribution in [0.3, 0.4) is 0 Å². The first-order chi connectivity index (χ1) is 14.3. The number of hydrogen-bond acceptors (Lipinski definition) is 6. The first kappa shape index (κ1) is 21.4. The normalized spacial score (nSPS) is 10.8. The van der Waals surface area contributed by atoms with Crippen LogP contribution in [-0.2, 0) is 17.9 Å². The minimum absolute atomic E-state index is 0.216. The molecule has 0 bridgehead atoms. The fraction of sp³-hybridized carbons (Fsp3) is 0.348. The van der Waals surface area contributed by atoms with Crippen molar-refractivity contribution >= 4 is 11.8 Å². The Kier molecular flexibility index (Phi) is 6.40. The smallest absolute Gasteiger partial charge is 0.342 e. The second-order valence-corrected chi connectivity index (χ2v) is 7.12. The maximum atomic E-state index is 12.6. The molecule has 0 aliphatic carbocycles. The molecule has 0 fully saturated rings. The van der Waals surface area contributed by atoms with Crippen LogP contribution in [0.2, 0.25) is 0 Å². The fourth-order valence-corrected chi connectivity index (χ4v) is 3.48. The topological polar surface area (TPSA) is 83.6 Å². The molecule has 0 amide bonds. The molecule has 30 heavy (non-hydrogen) atoms. The molecule has 3 rings (SSSR count). The van der Waals surface area contributed by atoms with Gasteiger partial charge in [0.2, 0.25) is 5.78 Å². The number of carbonyl (C=O) groups is 2. The summed E-state index contributed by atoms with van der Waals surface area (Å²) in [7, 11) is 0. The Labute approximate surface area is 175 Å². The van der Waals surface area contributed by atoms with E-state index in [0.717, 1.165) is 29.2 Å². The zero-order valence-corrected chi connectivity index (χ0v) is 17.9. The summed E-state index contributed by atoms with van der Waals surface area (Å²) in [5, 5.41) is 3.90. The van der Waals surface area contributed by atoms with Crippen molar-refractivity contribution in [1.29, 1.82) is 0 Å². The third-order valence-electron chi connectivity index (χ3n) is 5.18. The summed E-state index contributed by atoms with van der Waals surface area (Å²) < 4.78 is 18.3. The Morgan fingerprint density at radius 1 is 1.10 bits per heavy atom. The van der Waals surface area contributed by atoms with Crippen LogP contribution in [0.5, 0.6) is 5.75 Å². The quantitative estimate of drug-likeness (QED) is 0.406. The molecule has 0 atom stereocenters. The SMILES string of the molecule is CCn1c(C)cc(C(=O)COC(=O)c2ccccc2OCc2c(C)noc2C)c1C. The standard InChI is InChI=1S/C23H26N2O5/c1-6-25-14(2)11-19(16(25)4)21(26)13-29-23(27)18-9-7-8-10-22(18)28-12-20-15(3)24-30-17(20)5/h7-11H,6,12-13H2,1-5H3. The lowest BCUT2D eigenvalue weighted by atomic mass is 10.1.